The average Bonchev–Trinajstić information content (AvgIpc) is 2.98. The summed E-state index contributed by atoms with van der Waals surface area (Å²) >= 11 is 0. The summed E-state index contributed by atoms with van der Waals surface area (Å²) in [7, 11) is 5.11. The molecule has 3 rings (SSSR count). The molecule has 41 heavy (non-hydrogen) atoms. The lowest BCUT2D eigenvalue weighted by Gasteiger charge is -2.12. The lowest BCUT2D eigenvalue weighted by atomic mass is 10.1. The van der Waals surface area contributed by atoms with Gasteiger partial charge in [0.25, 0.3) is 0 Å². The molecular formula is C29H32N2O9S. The zero-order chi connectivity index (χ0) is 30.0. The molecule has 0 bridgehead atoms. The topological polar surface area (TPSA) is 132 Å². The summed E-state index contributed by atoms with van der Waals surface area (Å²) in [5.74, 6) is 2.10. The van der Waals surface area contributed by atoms with Crippen LogP contribution in [0.25, 0.3) is 6.08 Å². The molecule has 2 aromatic carbocycles. The number of rotatable bonds is 14. The fourth-order valence-corrected chi connectivity index (χ4v) is 4.75. The van der Waals surface area contributed by atoms with Crippen molar-refractivity contribution in [3.63, 3.8) is 0 Å². The number of allylic oxidation sites excluding steroid dienone is 1. The number of nitrogens with one attached hydrogen (secondary N) is 1. The maximum atomic E-state index is 13.0. The van der Waals surface area contributed by atoms with Crippen molar-refractivity contribution in [3.05, 3.63) is 77.0 Å². The number of ether oxygens (including phenoxy) is 6. The van der Waals surface area contributed by atoms with Gasteiger partial charge in [-0.15, -0.1) is 0 Å². The maximum absolute atomic E-state index is 13.0. The molecule has 218 valence electrons. The van der Waals surface area contributed by atoms with Gasteiger partial charge in [0.15, 0.2) is 38.7 Å². The molecule has 11 nitrogen and oxygen atoms in total. The van der Waals surface area contributed by atoms with Gasteiger partial charge in [-0.25, -0.2) is 13.4 Å². The van der Waals surface area contributed by atoms with Crippen LogP contribution in [-0.2, 0) is 15.6 Å². The van der Waals surface area contributed by atoms with E-state index in [1.165, 1.54) is 61.0 Å². The van der Waals surface area contributed by atoms with Crippen LogP contribution in [0.3, 0.4) is 0 Å². The van der Waals surface area contributed by atoms with Crippen LogP contribution in [0.2, 0.25) is 0 Å². The molecule has 12 heteroatoms. The van der Waals surface area contributed by atoms with Crippen molar-refractivity contribution in [3.8, 4) is 34.5 Å². The lowest BCUT2D eigenvalue weighted by molar-refractivity contribution is 0.104. The molecule has 0 fully saturated rings. The third-order valence-corrected chi connectivity index (χ3v) is 7.05. The Kier molecular flexibility index (Phi) is 10.6. The van der Waals surface area contributed by atoms with Gasteiger partial charge in [-0.05, 0) is 36.4 Å². The first-order valence-electron chi connectivity index (χ1n) is 12.1. The molecule has 1 aromatic heterocycles. The Morgan fingerprint density at radius 1 is 0.780 bits per heavy atom. The molecule has 0 radical (unpaired) electrons. The monoisotopic (exact) mass is 584 g/mol. The van der Waals surface area contributed by atoms with E-state index in [1.807, 2.05) is 0 Å². The predicted octanol–water partition coefficient (Wildman–Crippen LogP) is 4.53. The molecule has 0 unspecified atom stereocenters. The number of hydrogen-bond acceptors (Lipinski definition) is 11. The number of sulfone groups is 1. The Balaban J connectivity index is 1.78. The van der Waals surface area contributed by atoms with Gasteiger partial charge < -0.3 is 33.7 Å². The predicted molar refractivity (Wildman–Crippen MR) is 155 cm³/mol. The zero-order valence-electron chi connectivity index (χ0n) is 23.6. The van der Waals surface area contributed by atoms with Crippen LogP contribution < -0.4 is 33.7 Å². The first kappa shape index (κ1) is 30.8. The quantitative estimate of drug-likeness (QED) is 0.212. The van der Waals surface area contributed by atoms with Crippen LogP contribution in [-0.4, -0.2) is 61.8 Å². The SMILES string of the molecule is COc1cc(OC)c(/C=C/S(=O)(=O)Cc2ccc(OC)c(N/C=C/C(=O)c3ccc(OC)c(OC)c3)n2)c(OC)c1. The van der Waals surface area contributed by atoms with Gasteiger partial charge in [0, 0.05) is 35.4 Å². The number of methoxy groups -OCH3 is 6. The Morgan fingerprint density at radius 2 is 1.39 bits per heavy atom. The summed E-state index contributed by atoms with van der Waals surface area (Å²) in [6, 6.07) is 11.2. The number of anilines is 1. The van der Waals surface area contributed by atoms with Gasteiger partial charge >= 0.3 is 0 Å². The molecule has 0 spiro atoms. The summed E-state index contributed by atoms with van der Waals surface area (Å²) in [5.41, 5.74) is 1.08. The number of pyridine rings is 1. The van der Waals surface area contributed by atoms with Gasteiger partial charge in [0.2, 0.25) is 0 Å². The van der Waals surface area contributed by atoms with Gasteiger partial charge in [-0.3, -0.25) is 4.79 Å². The van der Waals surface area contributed by atoms with Crippen LogP contribution in [0, 0.1) is 0 Å². The highest BCUT2D eigenvalue weighted by Crippen LogP contribution is 2.35. The maximum Gasteiger partial charge on any atom is 0.187 e. The first-order chi connectivity index (χ1) is 19.7. The minimum Gasteiger partial charge on any atom is -0.496 e. The van der Waals surface area contributed by atoms with E-state index >= 15 is 0 Å². The number of nitrogens with zero attached hydrogens (tertiary/aromatic N) is 1. The summed E-state index contributed by atoms with van der Waals surface area (Å²) in [5, 5.41) is 3.96. The zero-order valence-corrected chi connectivity index (χ0v) is 24.4. The third-order valence-electron chi connectivity index (χ3n) is 5.80. The molecule has 0 saturated heterocycles. The second-order valence-electron chi connectivity index (χ2n) is 8.32. The lowest BCUT2D eigenvalue weighted by Crippen LogP contribution is -2.05. The molecule has 1 heterocycles. The third kappa shape index (κ3) is 7.92. The van der Waals surface area contributed by atoms with E-state index in [-0.39, 0.29) is 17.3 Å². The van der Waals surface area contributed by atoms with E-state index in [2.05, 4.69) is 10.3 Å². The van der Waals surface area contributed by atoms with E-state index in [1.54, 1.807) is 42.5 Å². The highest BCUT2D eigenvalue weighted by Gasteiger charge is 2.16. The van der Waals surface area contributed by atoms with Crippen LogP contribution >= 0.6 is 0 Å². The van der Waals surface area contributed by atoms with E-state index in [9.17, 15) is 13.2 Å². The standard InChI is InChI=1S/C29H32N2O9S/c1-35-21-16-26(38-4)22(27(17-21)39-5)12-14-41(33,34)18-20-8-10-25(37-3)29(31-20)30-13-11-23(32)19-7-9-24(36-2)28(15-19)40-6/h7-17H,18H2,1-6H3,(H,30,31)/b13-11+,14-12+. The Labute approximate surface area is 239 Å². The van der Waals surface area contributed by atoms with Gasteiger partial charge in [-0.1, -0.05) is 0 Å². The molecular weight excluding hydrogens is 552 g/mol. The molecule has 0 aliphatic heterocycles. The van der Waals surface area contributed by atoms with Crippen LogP contribution in [0.1, 0.15) is 21.6 Å². The van der Waals surface area contributed by atoms with Crippen molar-refractivity contribution in [1.82, 2.24) is 4.98 Å². The molecule has 0 amide bonds. The second kappa shape index (κ2) is 14.1. The molecule has 1 N–H and O–H groups in total. The minimum absolute atomic E-state index is 0.235. The van der Waals surface area contributed by atoms with E-state index in [0.717, 1.165) is 5.41 Å². The Morgan fingerprint density at radius 3 is 1.98 bits per heavy atom. The molecule has 0 saturated carbocycles. The highest BCUT2D eigenvalue weighted by atomic mass is 32.2. The minimum atomic E-state index is -3.77. The molecule has 0 aliphatic carbocycles. The van der Waals surface area contributed by atoms with Crippen molar-refractivity contribution in [2.75, 3.05) is 48.0 Å². The second-order valence-corrected chi connectivity index (χ2v) is 10.2. The fourth-order valence-electron chi connectivity index (χ4n) is 3.74. The van der Waals surface area contributed by atoms with Crippen LogP contribution in [0.4, 0.5) is 5.82 Å². The normalized spacial score (nSPS) is 11.4. The first-order valence-corrected chi connectivity index (χ1v) is 13.8. The van der Waals surface area contributed by atoms with Crippen molar-refractivity contribution >= 4 is 27.5 Å². The van der Waals surface area contributed by atoms with Gasteiger partial charge in [0.05, 0.1) is 59.7 Å². The van der Waals surface area contributed by atoms with Crippen molar-refractivity contribution in [2.45, 2.75) is 5.75 Å². The summed E-state index contributed by atoms with van der Waals surface area (Å²) in [4.78, 5) is 17.0. The summed E-state index contributed by atoms with van der Waals surface area (Å²) < 4.78 is 57.7. The fraction of sp³-hybridized carbons (Fsp3) is 0.241. The summed E-state index contributed by atoms with van der Waals surface area (Å²) in [6.45, 7) is 0. The average molecular weight is 585 g/mol. The highest BCUT2D eigenvalue weighted by molar-refractivity contribution is 7.93. The van der Waals surface area contributed by atoms with Crippen molar-refractivity contribution in [1.29, 1.82) is 0 Å². The van der Waals surface area contributed by atoms with Gasteiger partial charge in [0.1, 0.15) is 17.2 Å². The van der Waals surface area contributed by atoms with Crippen LogP contribution in [0.5, 0.6) is 34.5 Å². The van der Waals surface area contributed by atoms with E-state index in [0.29, 0.717) is 45.6 Å². The van der Waals surface area contributed by atoms with Gasteiger partial charge in [-0.2, -0.15) is 0 Å². The number of aromatic nitrogens is 1. The summed E-state index contributed by atoms with van der Waals surface area (Å²) in [6.07, 6.45) is 4.10. The Hall–Kier alpha value is -4.71. The number of ketones is 1. The number of carbonyl (C=O) groups excluding carboxylic acids is 1. The molecule has 3 aromatic rings. The number of carbonyl (C=O) groups is 1. The van der Waals surface area contributed by atoms with E-state index in [4.69, 9.17) is 28.4 Å². The number of hydrogen-bond donors (Lipinski definition) is 1. The molecule has 0 atom stereocenters. The van der Waals surface area contributed by atoms with Crippen molar-refractivity contribution in [2.24, 2.45) is 0 Å². The Bertz CT molecular complexity index is 1520. The van der Waals surface area contributed by atoms with Crippen molar-refractivity contribution < 1.29 is 41.6 Å². The van der Waals surface area contributed by atoms with E-state index < -0.39 is 15.6 Å². The number of benzene rings is 2. The molecule has 0 aliphatic rings. The van der Waals surface area contributed by atoms with Crippen LogP contribution in [0.15, 0.2) is 60.1 Å². The smallest absolute Gasteiger partial charge is 0.187 e. The largest absolute Gasteiger partial charge is 0.496 e.